The van der Waals surface area contributed by atoms with Crippen molar-refractivity contribution in [2.75, 3.05) is 19.7 Å². The van der Waals surface area contributed by atoms with Crippen LogP contribution < -0.4 is 4.74 Å². The highest BCUT2D eigenvalue weighted by molar-refractivity contribution is 5.95. The van der Waals surface area contributed by atoms with Crippen molar-refractivity contribution >= 4 is 5.91 Å². The van der Waals surface area contributed by atoms with Crippen LogP contribution in [-0.2, 0) is 6.54 Å². The van der Waals surface area contributed by atoms with Gasteiger partial charge in [0.2, 0.25) is 0 Å². The van der Waals surface area contributed by atoms with E-state index in [0.717, 1.165) is 38.0 Å². The van der Waals surface area contributed by atoms with Gasteiger partial charge in [-0.1, -0.05) is 19.1 Å². The Labute approximate surface area is 153 Å². The predicted molar refractivity (Wildman–Crippen MR) is 97.8 cm³/mol. The number of aromatic nitrogens is 2. The first-order chi connectivity index (χ1) is 12.6. The summed E-state index contributed by atoms with van der Waals surface area (Å²) in [5, 5.41) is 4.42. The lowest BCUT2D eigenvalue weighted by Gasteiger charge is -2.32. The van der Waals surface area contributed by atoms with Gasteiger partial charge < -0.3 is 9.64 Å². The normalized spacial score (nSPS) is 17.3. The van der Waals surface area contributed by atoms with Crippen molar-refractivity contribution in [3.63, 3.8) is 0 Å². The van der Waals surface area contributed by atoms with Crippen molar-refractivity contribution in [1.29, 1.82) is 0 Å². The average molecular weight is 359 g/mol. The second-order valence-corrected chi connectivity index (χ2v) is 6.89. The van der Waals surface area contributed by atoms with E-state index >= 15 is 0 Å². The molecule has 1 amide bonds. The minimum absolute atomic E-state index is 0.0282. The van der Waals surface area contributed by atoms with Crippen LogP contribution in [0.25, 0.3) is 0 Å². The third-order valence-corrected chi connectivity index (χ3v) is 4.75. The van der Waals surface area contributed by atoms with Crippen LogP contribution in [0.5, 0.6) is 5.75 Å². The number of aryl methyl sites for hydroxylation is 2. The maximum absolute atomic E-state index is 13.7. The van der Waals surface area contributed by atoms with Crippen LogP contribution in [0.1, 0.15) is 42.2 Å². The number of piperidine rings is 1. The SMILES string of the molecule is CCCn1cc(C(=O)N2CCCC(COc3ccccc3F)C2)c(C)n1. The van der Waals surface area contributed by atoms with E-state index in [1.807, 2.05) is 22.7 Å². The molecule has 1 aliphatic heterocycles. The molecule has 1 unspecified atom stereocenters. The van der Waals surface area contributed by atoms with E-state index < -0.39 is 0 Å². The molecule has 1 saturated heterocycles. The molecular formula is C20H26FN3O2. The molecule has 2 aromatic rings. The van der Waals surface area contributed by atoms with E-state index in [-0.39, 0.29) is 23.4 Å². The molecule has 0 aliphatic carbocycles. The molecule has 0 spiro atoms. The van der Waals surface area contributed by atoms with Gasteiger partial charge in [-0.05, 0) is 38.3 Å². The summed E-state index contributed by atoms with van der Waals surface area (Å²) in [4.78, 5) is 14.8. The molecule has 0 radical (unpaired) electrons. The van der Waals surface area contributed by atoms with Crippen molar-refractivity contribution in [3.8, 4) is 5.75 Å². The van der Waals surface area contributed by atoms with Crippen LogP contribution in [0, 0.1) is 18.7 Å². The lowest BCUT2D eigenvalue weighted by molar-refractivity contribution is 0.0630. The van der Waals surface area contributed by atoms with Gasteiger partial charge in [-0.15, -0.1) is 0 Å². The minimum atomic E-state index is -0.352. The van der Waals surface area contributed by atoms with E-state index in [1.54, 1.807) is 18.2 Å². The number of rotatable bonds is 6. The zero-order valence-corrected chi connectivity index (χ0v) is 15.4. The summed E-state index contributed by atoms with van der Waals surface area (Å²) >= 11 is 0. The molecule has 1 aromatic heterocycles. The zero-order chi connectivity index (χ0) is 18.5. The molecule has 0 N–H and O–H groups in total. The minimum Gasteiger partial charge on any atom is -0.490 e. The summed E-state index contributed by atoms with van der Waals surface area (Å²) in [6.07, 6.45) is 4.74. The highest BCUT2D eigenvalue weighted by Crippen LogP contribution is 2.22. The Balaban J connectivity index is 1.61. The topological polar surface area (TPSA) is 47.4 Å². The van der Waals surface area contributed by atoms with E-state index in [2.05, 4.69) is 12.0 Å². The summed E-state index contributed by atoms with van der Waals surface area (Å²) in [5.74, 6) is 0.154. The number of halogens is 1. The third kappa shape index (κ3) is 4.23. The first-order valence-electron chi connectivity index (χ1n) is 9.29. The van der Waals surface area contributed by atoms with Crippen LogP contribution in [0.2, 0.25) is 0 Å². The summed E-state index contributed by atoms with van der Waals surface area (Å²) in [6.45, 7) is 6.57. The smallest absolute Gasteiger partial charge is 0.257 e. The number of hydrogen-bond donors (Lipinski definition) is 0. The van der Waals surface area contributed by atoms with Gasteiger partial charge in [0, 0.05) is 31.7 Å². The molecule has 2 heterocycles. The number of hydrogen-bond acceptors (Lipinski definition) is 3. The number of nitrogens with zero attached hydrogens (tertiary/aromatic N) is 3. The van der Waals surface area contributed by atoms with Crippen molar-refractivity contribution in [1.82, 2.24) is 14.7 Å². The standard InChI is InChI=1S/C20H26FN3O2/c1-3-10-24-13-17(15(2)22-24)20(25)23-11-6-7-16(12-23)14-26-19-9-5-4-8-18(19)21/h4-5,8-9,13,16H,3,6-7,10-12,14H2,1-2H3. The Hall–Kier alpha value is -2.37. The molecule has 140 valence electrons. The van der Waals surface area contributed by atoms with Gasteiger partial charge >= 0.3 is 0 Å². The summed E-state index contributed by atoms with van der Waals surface area (Å²) in [5.41, 5.74) is 1.45. The lowest BCUT2D eigenvalue weighted by Crippen LogP contribution is -2.41. The molecular weight excluding hydrogens is 333 g/mol. The monoisotopic (exact) mass is 359 g/mol. The molecule has 3 rings (SSSR count). The Morgan fingerprint density at radius 3 is 2.96 bits per heavy atom. The highest BCUT2D eigenvalue weighted by atomic mass is 19.1. The number of amides is 1. The first kappa shape index (κ1) is 18.4. The van der Waals surface area contributed by atoms with E-state index in [4.69, 9.17) is 4.74 Å². The Kier molecular flexibility index (Phi) is 5.91. The van der Waals surface area contributed by atoms with Crippen LogP contribution in [0.3, 0.4) is 0 Å². The molecule has 0 bridgehead atoms. The number of benzene rings is 1. The van der Waals surface area contributed by atoms with Gasteiger partial charge in [0.25, 0.3) is 5.91 Å². The largest absolute Gasteiger partial charge is 0.490 e. The second-order valence-electron chi connectivity index (χ2n) is 6.89. The maximum Gasteiger partial charge on any atom is 0.257 e. The first-order valence-corrected chi connectivity index (χ1v) is 9.29. The summed E-state index contributed by atoms with van der Waals surface area (Å²) in [6, 6.07) is 6.42. The van der Waals surface area contributed by atoms with E-state index in [1.165, 1.54) is 6.07 Å². The van der Waals surface area contributed by atoms with E-state index in [9.17, 15) is 9.18 Å². The zero-order valence-electron chi connectivity index (χ0n) is 15.4. The van der Waals surface area contributed by atoms with Gasteiger partial charge in [-0.25, -0.2) is 4.39 Å². The van der Waals surface area contributed by atoms with Crippen LogP contribution in [0.15, 0.2) is 30.5 Å². The molecule has 6 heteroatoms. The van der Waals surface area contributed by atoms with E-state index in [0.29, 0.717) is 18.7 Å². The van der Waals surface area contributed by atoms with Gasteiger partial charge in [0.05, 0.1) is 17.9 Å². The quantitative estimate of drug-likeness (QED) is 0.791. The second kappa shape index (κ2) is 8.34. The summed E-state index contributed by atoms with van der Waals surface area (Å²) in [7, 11) is 0. The molecule has 1 fully saturated rings. The van der Waals surface area contributed by atoms with Crippen LogP contribution in [0.4, 0.5) is 4.39 Å². The molecule has 1 atom stereocenters. The number of likely N-dealkylation sites (tertiary alicyclic amines) is 1. The number of ether oxygens (including phenoxy) is 1. The Morgan fingerprint density at radius 1 is 1.38 bits per heavy atom. The summed E-state index contributed by atoms with van der Waals surface area (Å²) < 4.78 is 21.2. The predicted octanol–water partition coefficient (Wildman–Crippen LogP) is 3.67. The third-order valence-electron chi connectivity index (χ3n) is 4.75. The van der Waals surface area contributed by atoms with Gasteiger partial charge in [-0.3, -0.25) is 9.48 Å². The fraction of sp³-hybridized carbons (Fsp3) is 0.500. The van der Waals surface area contributed by atoms with Crippen molar-refractivity contribution in [3.05, 3.63) is 47.5 Å². The van der Waals surface area contributed by atoms with Crippen LogP contribution in [-0.4, -0.2) is 40.3 Å². The molecule has 26 heavy (non-hydrogen) atoms. The van der Waals surface area contributed by atoms with Crippen molar-refractivity contribution in [2.45, 2.75) is 39.7 Å². The van der Waals surface area contributed by atoms with Gasteiger partial charge in [0.15, 0.2) is 11.6 Å². The van der Waals surface area contributed by atoms with Gasteiger partial charge in [0.1, 0.15) is 0 Å². The molecule has 1 aromatic carbocycles. The van der Waals surface area contributed by atoms with Crippen molar-refractivity contribution in [2.24, 2.45) is 5.92 Å². The highest BCUT2D eigenvalue weighted by Gasteiger charge is 2.27. The number of carbonyl (C=O) groups is 1. The lowest BCUT2D eigenvalue weighted by atomic mass is 9.98. The number of para-hydroxylation sites is 1. The van der Waals surface area contributed by atoms with Crippen molar-refractivity contribution < 1.29 is 13.9 Å². The average Bonchev–Trinajstić information content (AvgIpc) is 3.01. The fourth-order valence-electron chi connectivity index (χ4n) is 3.40. The number of carbonyl (C=O) groups excluding carboxylic acids is 1. The van der Waals surface area contributed by atoms with Gasteiger partial charge in [-0.2, -0.15) is 5.10 Å². The maximum atomic E-state index is 13.7. The van der Waals surface area contributed by atoms with Crippen LogP contribution >= 0.6 is 0 Å². The molecule has 0 saturated carbocycles. The molecule has 5 nitrogen and oxygen atoms in total. The molecule has 1 aliphatic rings. The fourth-order valence-corrected chi connectivity index (χ4v) is 3.40. The Morgan fingerprint density at radius 2 is 2.19 bits per heavy atom. The Bertz CT molecular complexity index is 759.